The molecule has 2 saturated heterocycles. The highest BCUT2D eigenvalue weighted by Gasteiger charge is 2.51. The molecule has 3 aromatic rings. The molecule has 4 amide bonds. The molecule has 81 heavy (non-hydrogen) atoms. The third-order valence-electron chi connectivity index (χ3n) is 12.9. The zero-order valence-corrected chi connectivity index (χ0v) is 44.2. The summed E-state index contributed by atoms with van der Waals surface area (Å²) in [5.74, 6) is 0.315. The number of nitrogens with one attached hydrogen (secondary N) is 3. The molecule has 30 heteroatoms. The highest BCUT2D eigenvalue weighted by molar-refractivity contribution is 7.87. The van der Waals surface area contributed by atoms with Gasteiger partial charge < -0.3 is 80.2 Å². The first kappa shape index (κ1) is 61.5. The number of carboxylic acids is 1. The summed E-state index contributed by atoms with van der Waals surface area (Å²) >= 11 is 0. The van der Waals surface area contributed by atoms with Crippen molar-refractivity contribution < 1.29 is 105 Å². The standard InChI is InChI=1S/C51H61FN8O20S/c1-2-77-33-5-3-4-31(52)29(33)8-7-28-23-30(47-44(67)42(65)35(78-47)24-57-81(54,72)73)41-40(28)49(53)56-26-59(41)25-27-6-9-34(79-51-46(69)43(66)45(68)48(80-51)50(70)71)32(22-27)58-37(62)12-14-55-36(61)13-16-74-18-20-76-21-19-75-17-15-60-38(63)10-11-39(60)64/h3-6,9-11,22-23,26,30,35,42-48,51,53,57,65-69H,2,12-21,24-25H2,1H3,(H5,54,55,58,61,62,70,71,72,73)/p+1/t30?,35-,42-,43+,44-,45+,46-,47+,48+,51-/m1/s1. The number of anilines is 2. The Bertz CT molecular complexity index is 3030. The number of aromatic nitrogens is 2. The molecule has 7 rings (SSSR count). The molecule has 4 heterocycles. The molecular weight excluding hydrogens is 1100 g/mol. The van der Waals surface area contributed by atoms with E-state index in [1.165, 1.54) is 54.9 Å². The highest BCUT2D eigenvalue weighted by Crippen LogP contribution is 2.43. The monoisotopic (exact) mass is 1160 g/mol. The van der Waals surface area contributed by atoms with Crippen LogP contribution in [0, 0.1) is 17.7 Å². The number of rotatable bonds is 27. The second-order valence-corrected chi connectivity index (χ2v) is 19.9. The van der Waals surface area contributed by atoms with Crippen molar-refractivity contribution in [3.05, 3.63) is 89.2 Å². The number of hydrogen-bond donors (Lipinski definition) is 11. The summed E-state index contributed by atoms with van der Waals surface area (Å²) in [6.45, 7) is 2.16. The van der Waals surface area contributed by atoms with Gasteiger partial charge in [-0.2, -0.15) is 13.1 Å². The van der Waals surface area contributed by atoms with Gasteiger partial charge in [0.25, 0.3) is 28.4 Å². The van der Waals surface area contributed by atoms with Crippen molar-refractivity contribution in [1.29, 1.82) is 0 Å². The number of aliphatic hydroxyl groups excluding tert-OH is 5. The second-order valence-electron chi connectivity index (χ2n) is 18.5. The Balaban J connectivity index is 1.06. The van der Waals surface area contributed by atoms with Crippen LogP contribution in [0.3, 0.4) is 0 Å². The van der Waals surface area contributed by atoms with Gasteiger partial charge >= 0.3 is 5.97 Å². The van der Waals surface area contributed by atoms with Crippen molar-refractivity contribution in [3.8, 4) is 23.3 Å². The number of halogens is 1. The average Bonchev–Trinajstić information content (AvgIpc) is 3.23. The molecule has 28 nitrogen and oxygen atoms in total. The van der Waals surface area contributed by atoms with Crippen LogP contribution in [0.25, 0.3) is 5.57 Å². The number of carbonyl (C=O) groups is 5. The summed E-state index contributed by atoms with van der Waals surface area (Å²) in [7, 11) is -4.26. The number of allylic oxidation sites excluding steroid dienone is 1. The van der Waals surface area contributed by atoms with Gasteiger partial charge in [0.15, 0.2) is 6.10 Å². The van der Waals surface area contributed by atoms with Crippen LogP contribution in [0.4, 0.5) is 15.9 Å². The van der Waals surface area contributed by atoms with E-state index < -0.39 is 113 Å². The van der Waals surface area contributed by atoms with Gasteiger partial charge in [0.2, 0.25) is 23.9 Å². The summed E-state index contributed by atoms with van der Waals surface area (Å²) in [5, 5.41) is 74.3. The van der Waals surface area contributed by atoms with Crippen LogP contribution in [0.1, 0.15) is 48.1 Å². The van der Waals surface area contributed by atoms with Crippen LogP contribution in [-0.2, 0) is 64.4 Å². The molecule has 0 bridgehead atoms. The summed E-state index contributed by atoms with van der Waals surface area (Å²) in [5.41, 5.74) is 7.46. The minimum atomic E-state index is -4.26. The predicted octanol–water partition coefficient (Wildman–Crippen LogP) is -3.57. The number of carbonyl (C=O) groups excluding carboxylic acids is 4. The first-order valence-corrected chi connectivity index (χ1v) is 26.9. The van der Waals surface area contributed by atoms with Crippen molar-refractivity contribution in [2.45, 2.75) is 87.3 Å². The Kier molecular flexibility index (Phi) is 21.3. The number of ether oxygens (including phenoxy) is 7. The number of imide groups is 1. The van der Waals surface area contributed by atoms with E-state index in [9.17, 15) is 63.0 Å². The van der Waals surface area contributed by atoms with E-state index >= 15 is 4.39 Å². The number of benzene rings is 2. The highest BCUT2D eigenvalue weighted by atomic mass is 32.2. The second kappa shape index (κ2) is 28.1. The van der Waals surface area contributed by atoms with Gasteiger partial charge in [-0.3, -0.25) is 24.1 Å². The van der Waals surface area contributed by atoms with E-state index in [-0.39, 0.29) is 118 Å². The van der Waals surface area contributed by atoms with Gasteiger partial charge in [-0.1, -0.05) is 30.0 Å². The maximum Gasteiger partial charge on any atom is 0.335 e. The first-order valence-electron chi connectivity index (χ1n) is 25.3. The van der Waals surface area contributed by atoms with E-state index in [0.29, 0.717) is 11.3 Å². The summed E-state index contributed by atoms with van der Waals surface area (Å²) in [6.07, 6.45) is -11.0. The summed E-state index contributed by atoms with van der Waals surface area (Å²) < 4.78 is 81.6. The van der Waals surface area contributed by atoms with E-state index in [1.807, 2.05) is 0 Å². The first-order chi connectivity index (χ1) is 38.6. The topological polar surface area (TPSA) is 414 Å². The number of fused-ring (bicyclic) bond motifs is 1. The van der Waals surface area contributed by atoms with Crippen molar-refractivity contribution in [1.82, 2.24) is 19.9 Å². The number of carboxylic acid groups (broad SMARTS) is 1. The fourth-order valence-electron chi connectivity index (χ4n) is 8.94. The van der Waals surface area contributed by atoms with Gasteiger partial charge in [-0.25, -0.2) is 18.9 Å². The molecule has 1 unspecified atom stereocenters. The maximum absolute atomic E-state index is 15.2. The van der Waals surface area contributed by atoms with E-state index in [0.717, 1.165) is 4.90 Å². The van der Waals surface area contributed by atoms with Crippen LogP contribution in [0.2, 0.25) is 0 Å². The van der Waals surface area contributed by atoms with Gasteiger partial charge in [0.1, 0.15) is 83.4 Å². The van der Waals surface area contributed by atoms with Crippen LogP contribution >= 0.6 is 0 Å². The summed E-state index contributed by atoms with van der Waals surface area (Å²) in [6, 6.07) is 8.42. The lowest BCUT2D eigenvalue weighted by molar-refractivity contribution is -0.699. The number of amides is 4. The van der Waals surface area contributed by atoms with Gasteiger partial charge in [0.05, 0.1) is 64.4 Å². The van der Waals surface area contributed by atoms with Crippen LogP contribution < -0.4 is 40.3 Å². The Morgan fingerprint density at radius 2 is 1.57 bits per heavy atom. The van der Waals surface area contributed by atoms with Crippen molar-refractivity contribution in [2.75, 3.05) is 76.9 Å². The number of hydrogen-bond acceptors (Lipinski definition) is 21. The molecule has 0 spiro atoms. The van der Waals surface area contributed by atoms with E-state index in [1.54, 1.807) is 17.6 Å². The Morgan fingerprint density at radius 3 is 2.26 bits per heavy atom. The normalized spacial score (nSPS) is 24.1. The lowest BCUT2D eigenvalue weighted by Crippen LogP contribution is -2.61. The Hall–Kier alpha value is -7.09. The summed E-state index contributed by atoms with van der Waals surface area (Å²) in [4.78, 5) is 66.8. The number of nitrogens with two attached hydrogens (primary N) is 2. The van der Waals surface area contributed by atoms with Gasteiger partial charge in [0, 0.05) is 43.7 Å². The van der Waals surface area contributed by atoms with Crippen molar-refractivity contribution in [2.24, 2.45) is 5.14 Å². The average molecular weight is 1160 g/mol. The molecule has 3 aliphatic heterocycles. The quantitative estimate of drug-likeness (QED) is 0.0152. The molecule has 10 atom stereocenters. The fraction of sp³-hybridized carbons (Fsp3) is 0.471. The molecule has 2 fully saturated rings. The number of nitrogen functional groups attached to an aromatic ring is 1. The van der Waals surface area contributed by atoms with Crippen molar-refractivity contribution >= 4 is 56.9 Å². The Morgan fingerprint density at radius 1 is 0.864 bits per heavy atom. The molecule has 0 saturated carbocycles. The zero-order chi connectivity index (χ0) is 58.5. The number of aliphatic carboxylic acids is 1. The third-order valence-corrected chi connectivity index (χ3v) is 13.5. The van der Waals surface area contributed by atoms with E-state index in [4.69, 9.17) is 44.0 Å². The lowest BCUT2D eigenvalue weighted by atomic mass is 9.94. The maximum atomic E-state index is 15.2. The Labute approximate surface area is 462 Å². The molecule has 0 radical (unpaired) electrons. The SMILES string of the molecule is CCOc1cccc(F)c1C#CC1=CC([C@@H]2O[C@H](CNS(N)(=O)=O)[C@@H](O)[C@H]2O)c2c1c(N)nc[n+]2Cc1ccc(O[C@@H]2O[C@H](C(=O)O)[C@@H](O)[C@H](O)[C@H]2O)c(NC(=O)CCNC(=O)CCOCCOCCOCCN2C(=O)C=CC2=O)c1. The largest absolute Gasteiger partial charge is 0.492 e. The van der Waals surface area contributed by atoms with Gasteiger partial charge in [-0.05, 0) is 41.7 Å². The molecule has 4 aliphatic rings. The zero-order valence-electron chi connectivity index (χ0n) is 43.4. The molecule has 438 valence electrons. The molecule has 2 aromatic carbocycles. The molecule has 13 N–H and O–H groups in total. The number of nitrogens with zero attached hydrogens (tertiary/aromatic N) is 3. The minimum Gasteiger partial charge on any atom is -0.492 e. The predicted molar refractivity (Wildman–Crippen MR) is 275 cm³/mol. The van der Waals surface area contributed by atoms with Crippen LogP contribution in [0.15, 0.2) is 61.0 Å². The third kappa shape index (κ3) is 15.9. The lowest BCUT2D eigenvalue weighted by Gasteiger charge is -2.38. The molecular formula is C51H62FN8O20S+. The minimum absolute atomic E-state index is 0.0234. The van der Waals surface area contributed by atoms with Crippen molar-refractivity contribution in [3.63, 3.8) is 0 Å². The smallest absolute Gasteiger partial charge is 0.335 e. The van der Waals surface area contributed by atoms with Crippen LogP contribution in [0.5, 0.6) is 11.5 Å². The molecule has 1 aromatic heterocycles. The van der Waals surface area contributed by atoms with E-state index in [2.05, 4.69) is 32.2 Å². The fourth-order valence-corrected chi connectivity index (χ4v) is 9.34. The number of aliphatic hydroxyl groups is 5. The molecule has 1 aliphatic carbocycles. The van der Waals surface area contributed by atoms with Crippen LogP contribution in [-0.4, -0.2) is 200 Å². The van der Waals surface area contributed by atoms with Gasteiger partial charge in [-0.15, -0.1) is 0 Å².